The molecule has 2 saturated heterocycles. The first-order valence-electron chi connectivity index (χ1n) is 12.5. The standard InChI is InChI=1S/C27H42N2O5S/c1-9-14-32-22-16-19(3)18(2)15-21(22)24(28-35(31)26(4,5)6)20-10-12-29(13-11-20)25(30)23-17-33-27(7,8)34-23/h9,15-16,20,23-24,28H,1,10-14,17H2,2-8H3/t23-,24+,35?/m1/s1. The number of piperidine rings is 1. The molecule has 1 amide bonds. The van der Waals surface area contributed by atoms with Crippen LogP contribution in [0.15, 0.2) is 24.8 Å². The molecule has 2 aliphatic rings. The monoisotopic (exact) mass is 506 g/mol. The van der Waals surface area contributed by atoms with E-state index in [1.807, 2.05) is 39.5 Å². The van der Waals surface area contributed by atoms with Gasteiger partial charge in [-0.05, 0) is 84.4 Å². The molecule has 8 heteroatoms. The van der Waals surface area contributed by atoms with Crippen molar-refractivity contribution in [1.82, 2.24) is 9.62 Å². The minimum Gasteiger partial charge on any atom is -0.489 e. The Kier molecular flexibility index (Phi) is 8.84. The Bertz CT molecular complexity index is 948. The Labute approximate surface area is 213 Å². The summed E-state index contributed by atoms with van der Waals surface area (Å²) in [4.78, 5) is 14.9. The molecule has 7 nitrogen and oxygen atoms in total. The molecular weight excluding hydrogens is 464 g/mol. The van der Waals surface area contributed by atoms with Crippen LogP contribution >= 0.6 is 0 Å². The van der Waals surface area contributed by atoms with Crippen LogP contribution in [0.4, 0.5) is 0 Å². The predicted octanol–water partition coefficient (Wildman–Crippen LogP) is 4.35. The molecule has 0 spiro atoms. The largest absolute Gasteiger partial charge is 0.489 e. The maximum Gasteiger partial charge on any atom is 0.254 e. The molecule has 2 heterocycles. The van der Waals surface area contributed by atoms with Gasteiger partial charge in [0.05, 0.1) is 28.4 Å². The lowest BCUT2D eigenvalue weighted by atomic mass is 9.84. The zero-order valence-corrected chi connectivity index (χ0v) is 23.1. The first kappa shape index (κ1) is 27.8. The lowest BCUT2D eigenvalue weighted by Gasteiger charge is -2.38. The highest BCUT2D eigenvalue weighted by atomic mass is 32.2. The van der Waals surface area contributed by atoms with Gasteiger partial charge < -0.3 is 19.1 Å². The van der Waals surface area contributed by atoms with E-state index in [0.717, 1.165) is 35.3 Å². The Morgan fingerprint density at radius 2 is 1.91 bits per heavy atom. The molecule has 2 fully saturated rings. The number of aryl methyl sites for hydroxylation is 2. The van der Waals surface area contributed by atoms with Gasteiger partial charge in [-0.15, -0.1) is 0 Å². The van der Waals surface area contributed by atoms with E-state index in [-0.39, 0.29) is 24.5 Å². The van der Waals surface area contributed by atoms with Crippen molar-refractivity contribution in [3.63, 3.8) is 0 Å². The fraction of sp³-hybridized carbons (Fsp3) is 0.667. The summed E-state index contributed by atoms with van der Waals surface area (Å²) in [5, 5.41) is 0. The van der Waals surface area contributed by atoms with Gasteiger partial charge in [0.2, 0.25) is 0 Å². The fourth-order valence-electron chi connectivity index (χ4n) is 4.50. The average molecular weight is 507 g/mol. The first-order chi connectivity index (χ1) is 16.3. The molecule has 196 valence electrons. The third-order valence-electron chi connectivity index (χ3n) is 6.71. The van der Waals surface area contributed by atoms with E-state index < -0.39 is 27.6 Å². The van der Waals surface area contributed by atoms with Crippen molar-refractivity contribution in [1.29, 1.82) is 0 Å². The summed E-state index contributed by atoms with van der Waals surface area (Å²) in [7, 11) is -1.27. The molecule has 2 aliphatic heterocycles. The quantitative estimate of drug-likeness (QED) is 0.531. The second-order valence-corrected chi connectivity index (χ2v) is 13.0. The summed E-state index contributed by atoms with van der Waals surface area (Å²) in [6.45, 7) is 19.4. The lowest BCUT2D eigenvalue weighted by molar-refractivity contribution is -0.161. The molecular formula is C27H42N2O5S. The molecule has 0 radical (unpaired) electrons. The highest BCUT2D eigenvalue weighted by Crippen LogP contribution is 2.38. The summed E-state index contributed by atoms with van der Waals surface area (Å²) in [5.74, 6) is 0.234. The van der Waals surface area contributed by atoms with E-state index in [0.29, 0.717) is 19.7 Å². The van der Waals surface area contributed by atoms with E-state index in [1.54, 1.807) is 6.08 Å². The maximum absolute atomic E-state index is 13.2. The predicted molar refractivity (Wildman–Crippen MR) is 140 cm³/mol. The number of nitrogens with zero attached hydrogens (tertiary/aromatic N) is 1. The Hall–Kier alpha value is -1.74. The maximum atomic E-state index is 13.2. The SMILES string of the molecule is C=CCOc1cc(C)c(C)cc1[C@@H](NS(=O)C(C)(C)C)C1CCN(C(=O)[C@H]2COC(C)(C)O2)CC1. The average Bonchev–Trinajstić information content (AvgIpc) is 3.16. The van der Waals surface area contributed by atoms with Crippen LogP contribution in [0, 0.1) is 19.8 Å². The van der Waals surface area contributed by atoms with Gasteiger partial charge in [0, 0.05) is 18.7 Å². The van der Waals surface area contributed by atoms with Gasteiger partial charge in [-0.25, -0.2) is 8.93 Å². The number of amides is 1. The topological polar surface area (TPSA) is 77.1 Å². The molecule has 1 unspecified atom stereocenters. The summed E-state index contributed by atoms with van der Waals surface area (Å²) >= 11 is 0. The van der Waals surface area contributed by atoms with E-state index in [9.17, 15) is 9.00 Å². The van der Waals surface area contributed by atoms with Crippen LogP contribution in [0.1, 0.15) is 70.2 Å². The molecule has 0 bridgehead atoms. The van der Waals surface area contributed by atoms with Crippen molar-refractivity contribution < 1.29 is 23.2 Å². The van der Waals surface area contributed by atoms with E-state index in [2.05, 4.69) is 37.3 Å². The van der Waals surface area contributed by atoms with Gasteiger partial charge in [-0.2, -0.15) is 0 Å². The normalized spacial score (nSPS) is 22.6. The summed E-state index contributed by atoms with van der Waals surface area (Å²) in [6, 6.07) is 4.03. The molecule has 1 N–H and O–H groups in total. The number of carbonyl (C=O) groups is 1. The second-order valence-electron chi connectivity index (χ2n) is 11.0. The first-order valence-corrected chi connectivity index (χ1v) is 13.6. The van der Waals surface area contributed by atoms with Crippen LogP contribution in [0.2, 0.25) is 0 Å². The molecule has 1 aromatic carbocycles. The van der Waals surface area contributed by atoms with Crippen molar-refractivity contribution >= 4 is 16.9 Å². The highest BCUT2D eigenvalue weighted by molar-refractivity contribution is 7.84. The van der Waals surface area contributed by atoms with Gasteiger partial charge in [0.1, 0.15) is 12.4 Å². The number of carbonyl (C=O) groups excluding carboxylic acids is 1. The van der Waals surface area contributed by atoms with Gasteiger partial charge >= 0.3 is 0 Å². The van der Waals surface area contributed by atoms with Crippen LogP contribution in [0.25, 0.3) is 0 Å². The fourth-order valence-corrected chi connectivity index (χ4v) is 5.40. The number of hydrogen-bond donors (Lipinski definition) is 1. The summed E-state index contributed by atoms with van der Waals surface area (Å²) < 4.78 is 33.7. The van der Waals surface area contributed by atoms with Crippen LogP contribution < -0.4 is 9.46 Å². The van der Waals surface area contributed by atoms with E-state index in [4.69, 9.17) is 14.2 Å². The number of benzene rings is 1. The zero-order valence-electron chi connectivity index (χ0n) is 22.3. The lowest BCUT2D eigenvalue weighted by Crippen LogP contribution is -2.47. The molecule has 3 rings (SSSR count). The minimum atomic E-state index is -1.27. The second kappa shape index (κ2) is 11.1. The van der Waals surface area contributed by atoms with Crippen LogP contribution in [-0.2, 0) is 25.3 Å². The zero-order chi connectivity index (χ0) is 26.0. The number of ether oxygens (including phenoxy) is 3. The van der Waals surface area contributed by atoms with E-state index in [1.165, 1.54) is 0 Å². The Morgan fingerprint density at radius 3 is 2.46 bits per heavy atom. The van der Waals surface area contributed by atoms with Crippen molar-refractivity contribution in [2.24, 2.45) is 5.92 Å². The van der Waals surface area contributed by atoms with Gasteiger partial charge in [-0.1, -0.05) is 18.7 Å². The molecule has 0 aliphatic carbocycles. The van der Waals surface area contributed by atoms with Crippen molar-refractivity contribution in [3.05, 3.63) is 41.5 Å². The summed E-state index contributed by atoms with van der Waals surface area (Å²) in [5.41, 5.74) is 3.31. The molecule has 0 saturated carbocycles. The minimum absolute atomic E-state index is 0.0158. The molecule has 1 aromatic rings. The van der Waals surface area contributed by atoms with Gasteiger partial charge in [-0.3, -0.25) is 4.79 Å². The number of rotatable bonds is 8. The number of hydrogen-bond acceptors (Lipinski definition) is 5. The highest BCUT2D eigenvalue weighted by Gasteiger charge is 2.41. The van der Waals surface area contributed by atoms with Crippen molar-refractivity contribution in [3.8, 4) is 5.75 Å². The summed E-state index contributed by atoms with van der Waals surface area (Å²) in [6.07, 6.45) is 2.75. The van der Waals surface area contributed by atoms with Crippen LogP contribution in [0.5, 0.6) is 5.75 Å². The van der Waals surface area contributed by atoms with Crippen molar-refractivity contribution in [2.75, 3.05) is 26.3 Å². The van der Waals surface area contributed by atoms with Gasteiger partial charge in [0.25, 0.3) is 5.91 Å². The number of likely N-dealkylation sites (tertiary alicyclic amines) is 1. The van der Waals surface area contributed by atoms with Crippen LogP contribution in [-0.4, -0.2) is 58.0 Å². The van der Waals surface area contributed by atoms with Crippen LogP contribution in [0.3, 0.4) is 0 Å². The smallest absolute Gasteiger partial charge is 0.254 e. The third kappa shape index (κ3) is 6.94. The molecule has 0 aromatic heterocycles. The van der Waals surface area contributed by atoms with Gasteiger partial charge in [0.15, 0.2) is 11.9 Å². The van der Waals surface area contributed by atoms with E-state index >= 15 is 0 Å². The molecule has 35 heavy (non-hydrogen) atoms. The third-order valence-corrected chi connectivity index (χ3v) is 8.29. The molecule has 3 atom stereocenters. The Morgan fingerprint density at radius 1 is 1.29 bits per heavy atom. The Balaban J connectivity index is 1.83. The number of nitrogens with one attached hydrogen (secondary N) is 1. The van der Waals surface area contributed by atoms with Crippen molar-refractivity contribution in [2.45, 2.75) is 84.0 Å².